The van der Waals surface area contributed by atoms with E-state index < -0.39 is 5.97 Å². The van der Waals surface area contributed by atoms with Crippen LogP contribution >= 0.6 is 0 Å². The lowest BCUT2D eigenvalue weighted by molar-refractivity contribution is -0.132. The summed E-state index contributed by atoms with van der Waals surface area (Å²) in [4.78, 5) is 9.60. The molecule has 3 rings (SSSR count). The van der Waals surface area contributed by atoms with Crippen molar-refractivity contribution in [1.82, 2.24) is 0 Å². The lowest BCUT2D eigenvalue weighted by Gasteiger charge is -2.30. The molecule has 3 fully saturated rings. The van der Waals surface area contributed by atoms with Gasteiger partial charge in [-0.05, 0) is 75.5 Å². The van der Waals surface area contributed by atoms with Crippen molar-refractivity contribution in [3.05, 3.63) is 12.2 Å². The fourth-order valence-corrected chi connectivity index (χ4v) is 4.69. The van der Waals surface area contributed by atoms with Crippen LogP contribution in [0.3, 0.4) is 0 Å². The van der Waals surface area contributed by atoms with Crippen LogP contribution in [0.4, 0.5) is 0 Å². The molecule has 6 unspecified atom stereocenters. The number of aliphatic hydroxyl groups excluding tert-OH is 1. The fraction of sp³-hybridized carbons (Fsp3) is 0.812. The normalized spacial score (nSPS) is 40.3. The number of aliphatic hydroxyl groups is 1. The number of carboxylic acids is 1. The summed E-state index contributed by atoms with van der Waals surface area (Å²) in [5.74, 6) is 3.70. The van der Waals surface area contributed by atoms with Gasteiger partial charge in [-0.3, -0.25) is 0 Å². The maximum atomic E-state index is 9.73. The maximum Gasteiger partial charge on any atom is 0.330 e. The second-order valence-corrected chi connectivity index (χ2v) is 6.64. The maximum absolute atomic E-state index is 9.73. The van der Waals surface area contributed by atoms with Gasteiger partial charge in [-0.2, -0.15) is 0 Å². The van der Waals surface area contributed by atoms with E-state index in [1.807, 2.05) is 6.92 Å². The Bertz CT molecular complexity index is 349. The summed E-state index contributed by atoms with van der Waals surface area (Å²) in [6.45, 7) is 6.60. The number of fused-ring (bicyclic) bond motifs is 5. The van der Waals surface area contributed by atoms with Crippen LogP contribution < -0.4 is 0 Å². The molecule has 3 nitrogen and oxygen atoms in total. The Morgan fingerprint density at radius 2 is 1.79 bits per heavy atom. The van der Waals surface area contributed by atoms with Crippen LogP contribution in [0.25, 0.3) is 0 Å². The molecular weight excluding hydrogens is 240 g/mol. The molecular formula is C16H26O3. The molecule has 0 saturated heterocycles. The molecule has 0 aromatic rings. The Hall–Kier alpha value is -0.830. The summed E-state index contributed by atoms with van der Waals surface area (Å²) < 4.78 is 0. The standard InChI is InChI=1S/C12H20O.C4H6O2/c1-7(13)10-4-5-11-8-2-3-9(6-8)12(10)11;1-3(2)4(5)6/h7-13H,2-6H2,1H3;1H2,2H3,(H,5,6). The third-order valence-electron chi connectivity index (χ3n) is 5.47. The summed E-state index contributed by atoms with van der Waals surface area (Å²) in [6.07, 6.45) is 7.14. The van der Waals surface area contributed by atoms with Crippen LogP contribution in [0.15, 0.2) is 12.2 Å². The molecule has 3 saturated carbocycles. The smallest absolute Gasteiger partial charge is 0.330 e. The SMILES string of the molecule is C=C(C)C(=O)O.CC(O)C1CCC2C3CCC(C3)C12. The van der Waals surface area contributed by atoms with Gasteiger partial charge < -0.3 is 10.2 Å². The average Bonchev–Trinajstić information content (AvgIpc) is 3.02. The minimum absolute atomic E-state index is 0.0469. The Kier molecular flexibility index (Phi) is 4.34. The summed E-state index contributed by atoms with van der Waals surface area (Å²) in [5.41, 5.74) is 0.176. The highest BCUT2D eigenvalue weighted by Crippen LogP contribution is 2.61. The lowest BCUT2D eigenvalue weighted by atomic mass is 9.76. The number of carboxylic acid groups (broad SMARTS) is 1. The molecule has 3 aliphatic carbocycles. The third-order valence-corrected chi connectivity index (χ3v) is 5.47. The van der Waals surface area contributed by atoms with Crippen LogP contribution in [0.1, 0.15) is 46.0 Å². The summed E-state index contributed by atoms with van der Waals surface area (Å²) in [5, 5.41) is 17.6. The Labute approximate surface area is 115 Å². The van der Waals surface area contributed by atoms with Gasteiger partial charge in [0.1, 0.15) is 0 Å². The zero-order valence-corrected chi connectivity index (χ0v) is 12.0. The molecule has 2 N–H and O–H groups in total. The van der Waals surface area contributed by atoms with Gasteiger partial charge in [0.05, 0.1) is 6.10 Å². The van der Waals surface area contributed by atoms with Gasteiger partial charge in [-0.1, -0.05) is 6.58 Å². The highest BCUT2D eigenvalue weighted by molar-refractivity contribution is 5.84. The van der Waals surface area contributed by atoms with Crippen molar-refractivity contribution in [2.45, 2.75) is 52.1 Å². The first kappa shape index (κ1) is 14.6. The summed E-state index contributed by atoms with van der Waals surface area (Å²) in [7, 11) is 0. The Morgan fingerprint density at radius 3 is 2.32 bits per heavy atom. The van der Waals surface area contributed by atoms with Gasteiger partial charge in [-0.25, -0.2) is 4.79 Å². The van der Waals surface area contributed by atoms with E-state index in [9.17, 15) is 9.90 Å². The van der Waals surface area contributed by atoms with E-state index in [4.69, 9.17) is 5.11 Å². The van der Waals surface area contributed by atoms with Crippen molar-refractivity contribution >= 4 is 5.97 Å². The van der Waals surface area contributed by atoms with E-state index in [0.29, 0.717) is 5.92 Å². The van der Waals surface area contributed by atoms with Gasteiger partial charge in [0.25, 0.3) is 0 Å². The molecule has 6 atom stereocenters. The molecule has 0 heterocycles. The van der Waals surface area contributed by atoms with Crippen LogP contribution in [0.5, 0.6) is 0 Å². The van der Waals surface area contributed by atoms with E-state index >= 15 is 0 Å². The highest BCUT2D eigenvalue weighted by atomic mass is 16.4. The molecule has 0 aromatic heterocycles. The van der Waals surface area contributed by atoms with E-state index in [1.54, 1.807) is 0 Å². The van der Waals surface area contributed by atoms with E-state index in [0.717, 1.165) is 23.7 Å². The zero-order chi connectivity index (χ0) is 14.2. The van der Waals surface area contributed by atoms with Gasteiger partial charge in [0.2, 0.25) is 0 Å². The molecule has 0 aromatic carbocycles. The number of rotatable bonds is 2. The lowest BCUT2D eigenvalue weighted by Crippen LogP contribution is -2.28. The number of carbonyl (C=O) groups is 1. The van der Waals surface area contributed by atoms with E-state index in [-0.39, 0.29) is 11.7 Å². The zero-order valence-electron chi connectivity index (χ0n) is 12.0. The van der Waals surface area contributed by atoms with E-state index in [1.165, 1.54) is 39.0 Å². The topological polar surface area (TPSA) is 57.5 Å². The average molecular weight is 266 g/mol. The van der Waals surface area contributed by atoms with Crippen LogP contribution in [0.2, 0.25) is 0 Å². The minimum Gasteiger partial charge on any atom is -0.478 e. The predicted octanol–water partition coefficient (Wildman–Crippen LogP) is 3.09. The third kappa shape index (κ3) is 2.86. The molecule has 0 aliphatic heterocycles. The van der Waals surface area contributed by atoms with E-state index in [2.05, 4.69) is 6.58 Å². The number of aliphatic carboxylic acids is 1. The van der Waals surface area contributed by atoms with Crippen LogP contribution in [0, 0.1) is 29.6 Å². The van der Waals surface area contributed by atoms with Gasteiger partial charge in [0, 0.05) is 5.57 Å². The molecule has 3 heteroatoms. The van der Waals surface area contributed by atoms with Gasteiger partial charge in [-0.15, -0.1) is 0 Å². The fourth-order valence-electron chi connectivity index (χ4n) is 4.69. The Morgan fingerprint density at radius 1 is 1.21 bits per heavy atom. The Balaban J connectivity index is 0.000000192. The molecule has 3 aliphatic rings. The van der Waals surface area contributed by atoms with Crippen LogP contribution in [-0.4, -0.2) is 22.3 Å². The van der Waals surface area contributed by atoms with Gasteiger partial charge in [0.15, 0.2) is 0 Å². The molecule has 0 amide bonds. The van der Waals surface area contributed by atoms with Crippen molar-refractivity contribution in [2.24, 2.45) is 29.6 Å². The molecule has 0 spiro atoms. The molecule has 108 valence electrons. The monoisotopic (exact) mass is 266 g/mol. The molecule has 19 heavy (non-hydrogen) atoms. The molecule has 0 radical (unpaired) electrons. The van der Waals surface area contributed by atoms with Crippen molar-refractivity contribution in [1.29, 1.82) is 0 Å². The van der Waals surface area contributed by atoms with Crippen molar-refractivity contribution < 1.29 is 15.0 Å². The van der Waals surface area contributed by atoms with Crippen molar-refractivity contribution in [3.8, 4) is 0 Å². The highest BCUT2D eigenvalue weighted by Gasteiger charge is 2.53. The van der Waals surface area contributed by atoms with Crippen molar-refractivity contribution in [3.63, 3.8) is 0 Å². The molecule has 2 bridgehead atoms. The summed E-state index contributed by atoms with van der Waals surface area (Å²) in [6, 6.07) is 0. The second kappa shape index (κ2) is 5.66. The largest absolute Gasteiger partial charge is 0.478 e. The predicted molar refractivity (Wildman–Crippen MR) is 74.7 cm³/mol. The second-order valence-electron chi connectivity index (χ2n) is 6.64. The first-order valence-electron chi connectivity index (χ1n) is 7.48. The first-order chi connectivity index (χ1) is 8.91. The van der Waals surface area contributed by atoms with Crippen molar-refractivity contribution in [2.75, 3.05) is 0 Å². The minimum atomic E-state index is -0.935. The number of hydrogen-bond acceptors (Lipinski definition) is 2. The number of hydrogen-bond donors (Lipinski definition) is 2. The van der Waals surface area contributed by atoms with Gasteiger partial charge >= 0.3 is 5.97 Å². The first-order valence-corrected chi connectivity index (χ1v) is 7.48. The summed E-state index contributed by atoms with van der Waals surface area (Å²) >= 11 is 0. The quantitative estimate of drug-likeness (QED) is 0.755. The van der Waals surface area contributed by atoms with Crippen LogP contribution in [-0.2, 0) is 4.79 Å².